The molecule has 0 aromatic heterocycles. The van der Waals surface area contributed by atoms with E-state index >= 15 is 0 Å². The first-order valence-electron chi connectivity index (χ1n) is 8.19. The van der Waals surface area contributed by atoms with Crippen molar-refractivity contribution in [2.24, 2.45) is 10.9 Å². The minimum Gasteiger partial charge on any atom is -0.484 e. The number of ether oxygens (including phenoxy) is 1. The van der Waals surface area contributed by atoms with Gasteiger partial charge in [0.05, 0.1) is 0 Å². The Morgan fingerprint density at radius 2 is 1.92 bits per heavy atom. The van der Waals surface area contributed by atoms with Crippen molar-refractivity contribution in [1.82, 2.24) is 10.6 Å². The molecule has 0 aliphatic heterocycles. The molecule has 0 amide bonds. The highest BCUT2D eigenvalue weighted by Crippen LogP contribution is 2.33. The van der Waals surface area contributed by atoms with Gasteiger partial charge in [0, 0.05) is 20.1 Å². The van der Waals surface area contributed by atoms with Crippen molar-refractivity contribution in [2.75, 3.05) is 20.2 Å². The molecule has 2 rings (SSSR count). The Hall–Kier alpha value is -1.92. The number of hydrogen-bond donors (Lipinski definition) is 2. The topological polar surface area (TPSA) is 45.7 Å². The Morgan fingerprint density at radius 3 is 2.50 bits per heavy atom. The molecule has 1 fully saturated rings. The third kappa shape index (κ3) is 7.57. The molecule has 134 valence electrons. The van der Waals surface area contributed by atoms with E-state index in [1.807, 2.05) is 0 Å². The van der Waals surface area contributed by atoms with E-state index < -0.39 is 12.8 Å². The number of halogens is 3. The van der Waals surface area contributed by atoms with Gasteiger partial charge < -0.3 is 15.4 Å². The molecule has 2 N–H and O–H groups in total. The van der Waals surface area contributed by atoms with Gasteiger partial charge in [-0.15, -0.1) is 0 Å². The molecule has 1 aromatic carbocycles. The van der Waals surface area contributed by atoms with Crippen LogP contribution in [0.5, 0.6) is 5.75 Å². The minimum absolute atomic E-state index is 0.207. The first kappa shape index (κ1) is 18.4. The van der Waals surface area contributed by atoms with Gasteiger partial charge in [-0.1, -0.05) is 25.0 Å². The van der Waals surface area contributed by atoms with Crippen LogP contribution in [0.1, 0.15) is 31.2 Å². The SMILES string of the molecule is CN=C(NCCCC1CC1)NCc1ccc(OCC(F)(F)F)cc1. The maximum Gasteiger partial charge on any atom is 0.422 e. The summed E-state index contributed by atoms with van der Waals surface area (Å²) in [6, 6.07) is 6.54. The molecule has 1 aliphatic rings. The normalized spacial score (nSPS) is 15.2. The number of aliphatic imine (C=N–C) groups is 1. The molecular formula is C17H24F3N3O. The second kappa shape index (κ2) is 8.80. The molecule has 1 aliphatic carbocycles. The maximum atomic E-state index is 12.1. The van der Waals surface area contributed by atoms with Crippen LogP contribution in [0.4, 0.5) is 13.2 Å². The van der Waals surface area contributed by atoms with Crippen LogP contribution in [0, 0.1) is 5.92 Å². The summed E-state index contributed by atoms with van der Waals surface area (Å²) in [6.07, 6.45) is 0.823. The molecule has 1 saturated carbocycles. The molecule has 7 heteroatoms. The standard InChI is InChI=1S/C17H24F3N3O/c1-21-16(22-10-2-3-13-4-5-13)23-11-14-6-8-15(9-7-14)24-12-17(18,19)20/h6-9,13H,2-5,10-12H2,1H3,(H2,21,22,23). The van der Waals surface area contributed by atoms with Crippen LogP contribution in [0.2, 0.25) is 0 Å². The van der Waals surface area contributed by atoms with Gasteiger partial charge in [0.15, 0.2) is 12.6 Å². The molecule has 0 saturated heterocycles. The van der Waals surface area contributed by atoms with Crippen LogP contribution in [0.15, 0.2) is 29.3 Å². The molecular weight excluding hydrogens is 319 g/mol. The van der Waals surface area contributed by atoms with E-state index in [4.69, 9.17) is 0 Å². The van der Waals surface area contributed by atoms with Gasteiger partial charge in [0.1, 0.15) is 5.75 Å². The highest BCUT2D eigenvalue weighted by atomic mass is 19.4. The summed E-state index contributed by atoms with van der Waals surface area (Å²) < 4.78 is 40.9. The van der Waals surface area contributed by atoms with E-state index in [9.17, 15) is 13.2 Å². The second-order valence-electron chi connectivity index (χ2n) is 5.99. The first-order valence-corrected chi connectivity index (χ1v) is 8.19. The van der Waals surface area contributed by atoms with Crippen LogP contribution >= 0.6 is 0 Å². The van der Waals surface area contributed by atoms with E-state index in [2.05, 4.69) is 20.4 Å². The minimum atomic E-state index is -4.32. The van der Waals surface area contributed by atoms with Gasteiger partial charge >= 0.3 is 6.18 Å². The maximum absolute atomic E-state index is 12.1. The summed E-state index contributed by atoms with van der Waals surface area (Å²) in [5, 5.41) is 6.44. The first-order chi connectivity index (χ1) is 11.5. The number of guanidine groups is 1. The summed E-state index contributed by atoms with van der Waals surface area (Å²) in [5.74, 6) is 1.86. The third-order valence-corrected chi connectivity index (χ3v) is 3.79. The predicted octanol–water partition coefficient (Wildman–Crippen LogP) is 3.48. The van der Waals surface area contributed by atoms with Crippen molar-refractivity contribution >= 4 is 5.96 Å². The number of hydrogen-bond acceptors (Lipinski definition) is 2. The number of nitrogens with zero attached hydrogens (tertiary/aromatic N) is 1. The van der Waals surface area contributed by atoms with Crippen molar-refractivity contribution in [3.63, 3.8) is 0 Å². The fourth-order valence-electron chi connectivity index (χ4n) is 2.28. The lowest BCUT2D eigenvalue weighted by Gasteiger charge is -2.12. The summed E-state index contributed by atoms with van der Waals surface area (Å²) >= 11 is 0. The van der Waals surface area contributed by atoms with Crippen molar-refractivity contribution in [3.8, 4) is 5.75 Å². The second-order valence-corrected chi connectivity index (χ2v) is 5.99. The lowest BCUT2D eigenvalue weighted by Crippen LogP contribution is -2.37. The van der Waals surface area contributed by atoms with Crippen LogP contribution in [-0.4, -0.2) is 32.3 Å². The molecule has 1 aromatic rings. The number of alkyl halides is 3. The lowest BCUT2D eigenvalue weighted by atomic mass is 10.2. The average Bonchev–Trinajstić information content (AvgIpc) is 3.37. The quantitative estimate of drug-likeness (QED) is 0.431. The fraction of sp³-hybridized carbons (Fsp3) is 0.588. The molecule has 0 spiro atoms. The Morgan fingerprint density at radius 1 is 1.21 bits per heavy atom. The molecule has 4 nitrogen and oxygen atoms in total. The van der Waals surface area contributed by atoms with Gasteiger partial charge in [-0.25, -0.2) is 0 Å². The third-order valence-electron chi connectivity index (χ3n) is 3.79. The zero-order chi connectivity index (χ0) is 17.4. The number of rotatable bonds is 8. The largest absolute Gasteiger partial charge is 0.484 e. The predicted molar refractivity (Wildman–Crippen MR) is 88.2 cm³/mol. The van der Waals surface area contributed by atoms with Crippen LogP contribution in [0.25, 0.3) is 0 Å². The molecule has 0 atom stereocenters. The van der Waals surface area contributed by atoms with Gasteiger partial charge in [-0.05, 0) is 36.5 Å². The monoisotopic (exact) mass is 343 g/mol. The summed E-state index contributed by atoms with van der Waals surface area (Å²) in [7, 11) is 1.71. The van der Waals surface area contributed by atoms with Gasteiger partial charge in [-0.2, -0.15) is 13.2 Å². The van der Waals surface area contributed by atoms with Crippen molar-refractivity contribution < 1.29 is 17.9 Å². The Labute approximate surface area is 140 Å². The van der Waals surface area contributed by atoms with E-state index in [-0.39, 0.29) is 5.75 Å². The molecule has 0 unspecified atom stereocenters. The highest BCUT2D eigenvalue weighted by Gasteiger charge is 2.28. The summed E-state index contributed by atoms with van der Waals surface area (Å²) in [5.41, 5.74) is 0.940. The van der Waals surface area contributed by atoms with E-state index in [0.29, 0.717) is 6.54 Å². The smallest absolute Gasteiger partial charge is 0.422 e. The lowest BCUT2D eigenvalue weighted by molar-refractivity contribution is -0.153. The Balaban J connectivity index is 1.67. The van der Waals surface area contributed by atoms with Crippen molar-refractivity contribution in [1.29, 1.82) is 0 Å². The molecule has 0 bridgehead atoms. The van der Waals surface area contributed by atoms with Crippen molar-refractivity contribution in [3.05, 3.63) is 29.8 Å². The Bertz CT molecular complexity index is 525. The van der Waals surface area contributed by atoms with Gasteiger partial charge in [0.2, 0.25) is 0 Å². The zero-order valence-electron chi connectivity index (χ0n) is 13.8. The number of benzene rings is 1. The van der Waals surface area contributed by atoms with Crippen LogP contribution in [-0.2, 0) is 6.54 Å². The van der Waals surface area contributed by atoms with E-state index in [1.54, 1.807) is 19.2 Å². The highest BCUT2D eigenvalue weighted by molar-refractivity contribution is 5.79. The summed E-state index contributed by atoms with van der Waals surface area (Å²) in [6.45, 7) is 0.157. The molecule has 24 heavy (non-hydrogen) atoms. The van der Waals surface area contributed by atoms with Crippen LogP contribution < -0.4 is 15.4 Å². The average molecular weight is 343 g/mol. The fourth-order valence-corrected chi connectivity index (χ4v) is 2.28. The molecule has 0 heterocycles. The summed E-state index contributed by atoms with van der Waals surface area (Å²) in [4.78, 5) is 4.15. The van der Waals surface area contributed by atoms with Gasteiger partial charge in [-0.3, -0.25) is 4.99 Å². The van der Waals surface area contributed by atoms with Crippen molar-refractivity contribution in [2.45, 2.75) is 38.4 Å². The zero-order valence-corrected chi connectivity index (χ0v) is 13.8. The van der Waals surface area contributed by atoms with E-state index in [1.165, 1.54) is 31.4 Å². The molecule has 0 radical (unpaired) electrons. The number of nitrogens with one attached hydrogen (secondary N) is 2. The van der Waals surface area contributed by atoms with E-state index in [0.717, 1.165) is 30.4 Å². The van der Waals surface area contributed by atoms with Crippen LogP contribution in [0.3, 0.4) is 0 Å². The Kier molecular flexibility index (Phi) is 6.75. The van der Waals surface area contributed by atoms with Gasteiger partial charge in [0.25, 0.3) is 0 Å².